The van der Waals surface area contributed by atoms with Gasteiger partial charge in [0.1, 0.15) is 0 Å². The van der Waals surface area contributed by atoms with Gasteiger partial charge in [-0.05, 0) is 44.2 Å². The summed E-state index contributed by atoms with van der Waals surface area (Å²) in [6.07, 6.45) is 1.91. The van der Waals surface area contributed by atoms with E-state index in [2.05, 4.69) is 20.3 Å². The number of aliphatic hydroxyl groups is 1. The van der Waals surface area contributed by atoms with E-state index in [1.54, 1.807) is 0 Å². The third-order valence-electron chi connectivity index (χ3n) is 3.11. The van der Waals surface area contributed by atoms with Crippen LogP contribution in [0.15, 0.2) is 0 Å². The van der Waals surface area contributed by atoms with Crippen molar-refractivity contribution in [2.24, 2.45) is 5.92 Å². The van der Waals surface area contributed by atoms with Crippen molar-refractivity contribution in [1.29, 1.82) is 0 Å². The average Bonchev–Trinajstić information content (AvgIpc) is 2.44. The quantitative estimate of drug-likeness (QED) is 0.681. The molecule has 0 spiro atoms. The molecule has 1 rings (SSSR count). The molecule has 0 aliphatic rings. The van der Waals surface area contributed by atoms with E-state index < -0.39 is 0 Å². The Labute approximate surface area is 125 Å². The predicted molar refractivity (Wildman–Crippen MR) is 82.4 cm³/mol. The van der Waals surface area contributed by atoms with Crippen molar-refractivity contribution < 1.29 is 5.11 Å². The second-order valence-electron chi connectivity index (χ2n) is 4.76. The van der Waals surface area contributed by atoms with Crippen molar-refractivity contribution in [3.05, 3.63) is 5.28 Å². The molecule has 1 aromatic rings. The number of aromatic nitrogens is 3. The smallest absolute Gasteiger partial charge is 0.231 e. The average molecular weight is 302 g/mol. The van der Waals surface area contributed by atoms with Gasteiger partial charge in [-0.25, -0.2) is 0 Å². The summed E-state index contributed by atoms with van der Waals surface area (Å²) in [4.78, 5) is 14.6. The van der Waals surface area contributed by atoms with E-state index in [1.807, 2.05) is 25.7 Å². The summed E-state index contributed by atoms with van der Waals surface area (Å²) in [6.45, 7) is 8.74. The lowest BCUT2D eigenvalue weighted by Crippen LogP contribution is -2.25. The van der Waals surface area contributed by atoms with Crippen molar-refractivity contribution in [1.82, 2.24) is 15.0 Å². The molecule has 0 amide bonds. The van der Waals surface area contributed by atoms with Gasteiger partial charge in [0.05, 0.1) is 0 Å². The highest BCUT2D eigenvalue weighted by atomic mass is 35.5. The van der Waals surface area contributed by atoms with Crippen LogP contribution in [-0.4, -0.2) is 46.3 Å². The first kappa shape index (κ1) is 16.9. The second-order valence-corrected chi connectivity index (χ2v) is 5.10. The molecular weight excluding hydrogens is 278 g/mol. The highest BCUT2D eigenvalue weighted by molar-refractivity contribution is 6.28. The molecule has 0 aliphatic carbocycles. The van der Waals surface area contributed by atoms with E-state index in [9.17, 15) is 0 Å². The zero-order chi connectivity index (χ0) is 15.0. The summed E-state index contributed by atoms with van der Waals surface area (Å²) in [7, 11) is 0. The van der Waals surface area contributed by atoms with Crippen molar-refractivity contribution in [3.63, 3.8) is 0 Å². The Kier molecular flexibility index (Phi) is 7.54. The molecule has 1 heterocycles. The molecule has 0 radical (unpaired) electrons. The molecule has 2 N–H and O–H groups in total. The molecule has 1 aromatic heterocycles. The van der Waals surface area contributed by atoms with Crippen LogP contribution < -0.4 is 10.2 Å². The van der Waals surface area contributed by atoms with Gasteiger partial charge in [0.25, 0.3) is 0 Å². The van der Waals surface area contributed by atoms with Crippen molar-refractivity contribution in [2.45, 2.75) is 33.6 Å². The summed E-state index contributed by atoms with van der Waals surface area (Å²) >= 11 is 5.93. The Morgan fingerprint density at radius 1 is 1.25 bits per heavy atom. The summed E-state index contributed by atoms with van der Waals surface area (Å²) in [5.74, 6) is 1.43. The molecule has 0 bridgehead atoms. The van der Waals surface area contributed by atoms with E-state index >= 15 is 0 Å². The third-order valence-corrected chi connectivity index (χ3v) is 3.28. The fourth-order valence-corrected chi connectivity index (χ4v) is 1.96. The first-order chi connectivity index (χ1) is 9.60. The van der Waals surface area contributed by atoms with Gasteiger partial charge in [-0.3, -0.25) is 0 Å². The maximum Gasteiger partial charge on any atom is 0.231 e. The molecule has 0 fully saturated rings. The Balaban J connectivity index is 2.57. The van der Waals surface area contributed by atoms with Crippen LogP contribution in [0.1, 0.15) is 33.6 Å². The zero-order valence-electron chi connectivity index (χ0n) is 12.4. The zero-order valence-corrected chi connectivity index (χ0v) is 13.2. The van der Waals surface area contributed by atoms with Gasteiger partial charge in [0.15, 0.2) is 0 Å². The van der Waals surface area contributed by atoms with Crippen LogP contribution in [0.2, 0.25) is 5.28 Å². The highest BCUT2D eigenvalue weighted by Crippen LogP contribution is 2.13. The molecule has 7 heteroatoms. The normalized spacial score (nSPS) is 12.2. The van der Waals surface area contributed by atoms with Crippen LogP contribution >= 0.6 is 11.6 Å². The number of anilines is 2. The summed E-state index contributed by atoms with van der Waals surface area (Å²) in [6, 6.07) is 0. The number of hydrogen-bond acceptors (Lipinski definition) is 6. The number of nitrogens with zero attached hydrogens (tertiary/aromatic N) is 4. The van der Waals surface area contributed by atoms with Crippen molar-refractivity contribution in [2.75, 3.05) is 36.5 Å². The maximum absolute atomic E-state index is 8.96. The lowest BCUT2D eigenvalue weighted by atomic mass is 10.1. The van der Waals surface area contributed by atoms with E-state index in [1.165, 1.54) is 0 Å². The Bertz CT molecular complexity index is 400. The van der Waals surface area contributed by atoms with Crippen LogP contribution in [0.4, 0.5) is 11.9 Å². The highest BCUT2D eigenvalue weighted by Gasteiger charge is 2.09. The van der Waals surface area contributed by atoms with Crippen molar-refractivity contribution >= 4 is 23.5 Å². The summed E-state index contributed by atoms with van der Waals surface area (Å²) in [5.41, 5.74) is 0. The van der Waals surface area contributed by atoms with Crippen LogP contribution in [0.25, 0.3) is 0 Å². The van der Waals surface area contributed by atoms with Gasteiger partial charge in [0.2, 0.25) is 17.2 Å². The minimum Gasteiger partial charge on any atom is -0.396 e. The maximum atomic E-state index is 8.96. The Morgan fingerprint density at radius 3 is 2.55 bits per heavy atom. The monoisotopic (exact) mass is 301 g/mol. The number of hydrogen-bond donors (Lipinski definition) is 2. The standard InChI is InChI=1S/C13H24ClN5O/c1-4-19(5-2)13-17-11(14)16-12(18-13)15-8-6-7-10(3)9-20/h10,20H,4-9H2,1-3H3,(H,15,16,17,18). The van der Waals surface area contributed by atoms with Gasteiger partial charge >= 0.3 is 0 Å². The minimum atomic E-state index is 0.202. The lowest BCUT2D eigenvalue weighted by Gasteiger charge is -2.18. The summed E-state index contributed by atoms with van der Waals surface area (Å²) < 4.78 is 0. The molecule has 114 valence electrons. The number of rotatable bonds is 9. The molecule has 1 unspecified atom stereocenters. The third kappa shape index (κ3) is 5.46. The SMILES string of the molecule is CCN(CC)c1nc(Cl)nc(NCCCC(C)CO)n1. The number of halogens is 1. The predicted octanol–water partition coefficient (Wildman–Crippen LogP) is 2.19. The van der Waals surface area contributed by atoms with Gasteiger partial charge in [-0.2, -0.15) is 15.0 Å². The first-order valence-corrected chi connectivity index (χ1v) is 7.49. The molecule has 0 aliphatic heterocycles. The van der Waals surface area contributed by atoms with Gasteiger partial charge in [0, 0.05) is 26.2 Å². The molecule has 0 saturated heterocycles. The fraction of sp³-hybridized carbons (Fsp3) is 0.769. The molecule has 6 nitrogen and oxygen atoms in total. The van der Waals surface area contributed by atoms with Crippen LogP contribution in [0.5, 0.6) is 0 Å². The molecule has 0 aromatic carbocycles. The van der Waals surface area contributed by atoms with Crippen LogP contribution in [0, 0.1) is 5.92 Å². The van der Waals surface area contributed by atoms with Crippen molar-refractivity contribution in [3.8, 4) is 0 Å². The Morgan fingerprint density at radius 2 is 1.95 bits per heavy atom. The van der Waals surface area contributed by atoms with E-state index in [0.717, 1.165) is 32.5 Å². The van der Waals surface area contributed by atoms with E-state index in [4.69, 9.17) is 16.7 Å². The van der Waals surface area contributed by atoms with Gasteiger partial charge in [-0.15, -0.1) is 0 Å². The summed E-state index contributed by atoms with van der Waals surface area (Å²) in [5, 5.41) is 12.3. The van der Waals surface area contributed by atoms with Gasteiger partial charge in [-0.1, -0.05) is 6.92 Å². The van der Waals surface area contributed by atoms with E-state index in [0.29, 0.717) is 17.8 Å². The topological polar surface area (TPSA) is 74.2 Å². The van der Waals surface area contributed by atoms with Crippen LogP contribution in [0.3, 0.4) is 0 Å². The van der Waals surface area contributed by atoms with Gasteiger partial charge < -0.3 is 15.3 Å². The second kappa shape index (κ2) is 8.92. The lowest BCUT2D eigenvalue weighted by molar-refractivity contribution is 0.229. The Hall–Kier alpha value is -1.14. The number of aliphatic hydroxyl groups excluding tert-OH is 1. The van der Waals surface area contributed by atoms with Crippen LogP contribution in [-0.2, 0) is 0 Å². The molecular formula is C13H24ClN5O. The largest absolute Gasteiger partial charge is 0.396 e. The number of nitrogens with one attached hydrogen (secondary N) is 1. The molecule has 20 heavy (non-hydrogen) atoms. The minimum absolute atomic E-state index is 0.202. The molecule has 1 atom stereocenters. The first-order valence-electron chi connectivity index (χ1n) is 7.11. The fourth-order valence-electron chi connectivity index (χ4n) is 1.81. The van der Waals surface area contributed by atoms with E-state index in [-0.39, 0.29) is 11.9 Å². The molecule has 0 saturated carbocycles.